The Morgan fingerprint density at radius 3 is 2.52 bits per heavy atom. The van der Waals surface area contributed by atoms with Gasteiger partial charge in [0.1, 0.15) is 29.0 Å². The first-order valence-corrected chi connectivity index (χ1v) is 17.1. The van der Waals surface area contributed by atoms with E-state index in [1.165, 1.54) is 52.8 Å². The fourth-order valence-electron chi connectivity index (χ4n) is 5.25. The van der Waals surface area contributed by atoms with Gasteiger partial charge in [-0.1, -0.05) is 6.07 Å². The van der Waals surface area contributed by atoms with Crippen LogP contribution in [0.5, 0.6) is 5.75 Å². The molecule has 2 fully saturated rings. The summed E-state index contributed by atoms with van der Waals surface area (Å²) in [6.45, 7) is 5.35. The van der Waals surface area contributed by atoms with E-state index in [1.807, 2.05) is 0 Å². The number of sulfonamides is 2. The van der Waals surface area contributed by atoms with Crippen LogP contribution in [0.2, 0.25) is 0 Å². The maximum Gasteiger partial charge on any atom is 0.410 e. The number of piperidine rings is 1. The molecule has 2 aliphatic heterocycles. The van der Waals surface area contributed by atoms with Crippen molar-refractivity contribution >= 4 is 26.1 Å². The summed E-state index contributed by atoms with van der Waals surface area (Å²) >= 11 is 0. The molecule has 244 valence electrons. The summed E-state index contributed by atoms with van der Waals surface area (Å²) in [7, 11) is -6.25. The molecule has 1 amide bonds. The van der Waals surface area contributed by atoms with E-state index in [0.717, 1.165) is 6.20 Å². The number of carbonyl (C=O) groups is 1. The third-order valence-corrected chi connectivity index (χ3v) is 10.8. The Balaban J connectivity index is 1.41. The molecule has 1 unspecified atom stereocenters. The Morgan fingerprint density at radius 2 is 1.89 bits per heavy atom. The number of nitrogens with one attached hydrogen (secondary N) is 1. The Labute approximate surface area is 258 Å². The van der Waals surface area contributed by atoms with Gasteiger partial charge in [0, 0.05) is 25.2 Å². The summed E-state index contributed by atoms with van der Waals surface area (Å²) in [5.41, 5.74) is -1.47. The number of carbonyl (C=O) groups excluding carboxylic acids is 1. The number of rotatable bonds is 10. The molecule has 0 aliphatic carbocycles. The molecule has 1 spiro atoms. The van der Waals surface area contributed by atoms with E-state index in [-0.39, 0.29) is 48.4 Å². The summed E-state index contributed by atoms with van der Waals surface area (Å²) in [6, 6.07) is 8.13. The van der Waals surface area contributed by atoms with E-state index in [9.17, 15) is 31.9 Å². The van der Waals surface area contributed by atoms with Crippen molar-refractivity contribution in [1.29, 1.82) is 0 Å². The Morgan fingerprint density at radius 1 is 1.20 bits per heavy atom. The average Bonchev–Trinajstić information content (AvgIpc) is 3.37. The predicted octanol–water partition coefficient (Wildman–Crippen LogP) is 1.22. The number of aliphatic hydroxyl groups is 1. The van der Waals surface area contributed by atoms with Crippen molar-refractivity contribution in [1.82, 2.24) is 13.9 Å². The van der Waals surface area contributed by atoms with Gasteiger partial charge >= 0.3 is 6.09 Å². The molecular weight excluding hydrogens is 616 g/mol. The van der Waals surface area contributed by atoms with E-state index >= 15 is 0 Å². The minimum Gasteiger partial charge on any atom is -0.619 e. The van der Waals surface area contributed by atoms with Crippen molar-refractivity contribution in [2.24, 2.45) is 0 Å². The predicted molar refractivity (Wildman–Crippen MR) is 158 cm³/mol. The Hall–Kier alpha value is -3.02. The van der Waals surface area contributed by atoms with Crippen molar-refractivity contribution in [3.8, 4) is 5.75 Å². The number of hydrogen-bond acceptors (Lipinski definition) is 10. The largest absolute Gasteiger partial charge is 0.619 e. The first-order valence-electron chi connectivity index (χ1n) is 14.2. The average molecular weight is 657 g/mol. The highest BCUT2D eigenvalue weighted by Crippen LogP contribution is 2.39. The van der Waals surface area contributed by atoms with Crippen LogP contribution in [0.4, 0.5) is 4.79 Å². The number of aliphatic hydroxyl groups excluding tert-OH is 1. The minimum atomic E-state index is -3.86. The molecule has 2 aliphatic rings. The van der Waals surface area contributed by atoms with Crippen molar-refractivity contribution in [2.45, 2.75) is 73.2 Å². The smallest absolute Gasteiger partial charge is 0.410 e. The first kappa shape index (κ1) is 33.9. The number of nitrogens with zero attached hydrogens (tertiary/aromatic N) is 3. The highest BCUT2D eigenvalue weighted by molar-refractivity contribution is 7.89. The molecule has 0 saturated carbocycles. The van der Waals surface area contributed by atoms with E-state index in [1.54, 1.807) is 26.8 Å². The zero-order valence-electron chi connectivity index (χ0n) is 25.2. The van der Waals surface area contributed by atoms with Crippen molar-refractivity contribution in [3.63, 3.8) is 0 Å². The number of hydrogen-bond donors (Lipinski definition) is 2. The monoisotopic (exact) mass is 656 g/mol. The third-order valence-electron chi connectivity index (χ3n) is 7.51. The second-order valence-corrected chi connectivity index (χ2v) is 15.8. The van der Waals surface area contributed by atoms with Crippen LogP contribution in [-0.4, -0.2) is 100 Å². The second-order valence-electron chi connectivity index (χ2n) is 11.9. The van der Waals surface area contributed by atoms with Crippen molar-refractivity contribution in [2.75, 3.05) is 39.9 Å². The summed E-state index contributed by atoms with van der Waals surface area (Å²) < 4.78 is 71.9. The topological polar surface area (TPSA) is 179 Å². The third kappa shape index (κ3) is 8.17. The van der Waals surface area contributed by atoms with Crippen LogP contribution in [0.3, 0.4) is 0 Å². The first-order chi connectivity index (χ1) is 20.5. The Kier molecular flexibility index (Phi) is 10.1. The lowest BCUT2D eigenvalue weighted by molar-refractivity contribution is -0.607. The molecule has 2 aromatic rings. The van der Waals surface area contributed by atoms with Crippen LogP contribution in [-0.2, 0) is 29.5 Å². The molecule has 2 N–H and O–H groups in total. The van der Waals surface area contributed by atoms with Gasteiger partial charge in [-0.2, -0.15) is 9.04 Å². The van der Waals surface area contributed by atoms with Gasteiger partial charge in [-0.15, -0.1) is 0 Å². The van der Waals surface area contributed by atoms with Crippen LogP contribution in [0, 0.1) is 5.21 Å². The van der Waals surface area contributed by atoms with E-state index < -0.39 is 49.5 Å². The van der Waals surface area contributed by atoms with Crippen LogP contribution >= 0.6 is 0 Å². The van der Waals surface area contributed by atoms with Gasteiger partial charge in [0.15, 0.2) is 12.4 Å². The lowest BCUT2D eigenvalue weighted by Crippen LogP contribution is -2.50. The lowest BCUT2D eigenvalue weighted by Gasteiger charge is -2.38. The molecule has 3 heterocycles. The van der Waals surface area contributed by atoms with Gasteiger partial charge in [0.05, 0.1) is 29.7 Å². The molecule has 44 heavy (non-hydrogen) atoms. The lowest BCUT2D eigenvalue weighted by atomic mass is 9.88. The quantitative estimate of drug-likeness (QED) is 0.279. The molecule has 0 bridgehead atoms. The molecule has 1 aromatic heterocycles. The summed E-state index contributed by atoms with van der Waals surface area (Å²) in [5.74, 6) is 0.231. The van der Waals surface area contributed by atoms with Crippen LogP contribution in [0.15, 0.2) is 58.6 Å². The number of amides is 1. The SMILES string of the molecule is CNS(=O)(=O)c1cccc(OCC(O)CN(C(=O)OC(C)(C)C)[C@H]2COC3(CCN(S(=O)(=O)c4ccc[n+]([O-])c4)CC3)C2)c1. The molecule has 4 rings (SSSR count). The molecule has 14 nitrogen and oxygen atoms in total. The molecule has 1 aromatic carbocycles. The van der Waals surface area contributed by atoms with Crippen LogP contribution < -0.4 is 14.2 Å². The highest BCUT2D eigenvalue weighted by atomic mass is 32.2. The van der Waals surface area contributed by atoms with Crippen molar-refractivity contribution in [3.05, 3.63) is 54.0 Å². The van der Waals surface area contributed by atoms with Gasteiger partial charge in [0.25, 0.3) is 0 Å². The maximum atomic E-state index is 13.3. The fourth-order valence-corrected chi connectivity index (χ4v) is 7.47. The standard InChI is InChI=1S/C28H40N4O10S2/c1-27(2,3)42-26(34)32(17-22(33)20-40-23-7-5-8-24(15-23)43(36,37)29-4)21-16-28(41-19-21)10-13-31(14-11-28)44(38,39)25-9-6-12-30(35)18-25/h5-9,12,15,18,21-22,29,33H,10-11,13-14,16-17,19-20H2,1-4H3/t21-,22?/m1/s1. The zero-order chi connectivity index (χ0) is 32.3. The Bertz CT molecular complexity index is 1540. The molecular formula is C28H40N4O10S2. The second kappa shape index (κ2) is 13.1. The summed E-state index contributed by atoms with van der Waals surface area (Å²) in [4.78, 5) is 14.6. The van der Waals surface area contributed by atoms with Crippen molar-refractivity contribution < 1.29 is 45.7 Å². The van der Waals surface area contributed by atoms with Gasteiger partial charge in [-0.25, -0.2) is 26.4 Å². The maximum absolute atomic E-state index is 13.3. The molecule has 2 atom stereocenters. The number of benzene rings is 1. The van der Waals surface area contributed by atoms with Crippen LogP contribution in [0.1, 0.15) is 40.0 Å². The van der Waals surface area contributed by atoms with Gasteiger partial charge in [-0.05, 0) is 65.3 Å². The molecule has 16 heteroatoms. The normalized spacial score (nSPS) is 19.9. The van der Waals surface area contributed by atoms with Crippen LogP contribution in [0.25, 0.3) is 0 Å². The van der Waals surface area contributed by atoms with Gasteiger partial charge in [-0.3, -0.25) is 0 Å². The zero-order valence-corrected chi connectivity index (χ0v) is 26.8. The summed E-state index contributed by atoms with van der Waals surface area (Å²) in [6.07, 6.45) is 1.62. The van der Waals surface area contributed by atoms with E-state index in [2.05, 4.69) is 4.72 Å². The summed E-state index contributed by atoms with van der Waals surface area (Å²) in [5, 5.41) is 22.5. The van der Waals surface area contributed by atoms with E-state index in [0.29, 0.717) is 24.0 Å². The van der Waals surface area contributed by atoms with Gasteiger partial charge < -0.3 is 29.4 Å². The number of aromatic nitrogens is 1. The molecule has 0 radical (unpaired) electrons. The minimum absolute atomic E-state index is 0.00688. The fraction of sp³-hybridized carbons (Fsp3) is 0.571. The van der Waals surface area contributed by atoms with Gasteiger partial charge in [0.2, 0.25) is 20.0 Å². The number of ether oxygens (including phenoxy) is 3. The molecule has 2 saturated heterocycles. The van der Waals surface area contributed by atoms with E-state index in [4.69, 9.17) is 14.2 Å². The number of pyridine rings is 1. The highest BCUT2D eigenvalue weighted by Gasteiger charge is 2.48.